The number of hydrogen-bond donors (Lipinski definition) is 0. The molecule has 4 fully saturated rings. The van der Waals surface area contributed by atoms with Gasteiger partial charge in [-0.05, 0) is 130 Å². The second-order valence-corrected chi connectivity index (χ2v) is 22.4. The Hall–Kier alpha value is -3.24. The monoisotopic (exact) mass is 682 g/mol. The molecule has 0 spiro atoms. The summed E-state index contributed by atoms with van der Waals surface area (Å²) in [5.74, 6) is 6.06. The van der Waals surface area contributed by atoms with Crippen LogP contribution in [0.1, 0.15) is 114 Å². The molecule has 0 saturated heterocycles. The van der Waals surface area contributed by atoms with Gasteiger partial charge in [-0.1, -0.05) is 69.7 Å². The Morgan fingerprint density at radius 1 is 0.980 bits per heavy atom. The van der Waals surface area contributed by atoms with Gasteiger partial charge in [0, 0.05) is 17.1 Å². The minimum absolute atomic E-state index is 0.0431. The second kappa shape index (κ2) is 13.8. The number of carbonyl (C=O) groups excluding carboxylic acids is 2. The molecule has 4 bridgehead atoms. The van der Waals surface area contributed by atoms with Crippen molar-refractivity contribution in [2.45, 2.75) is 141 Å². The molecule has 5 aliphatic rings. The second-order valence-electron chi connectivity index (χ2n) is 17.6. The van der Waals surface area contributed by atoms with Crippen molar-refractivity contribution >= 4 is 20.1 Å². The van der Waals surface area contributed by atoms with Crippen molar-refractivity contribution in [3.63, 3.8) is 0 Å². The van der Waals surface area contributed by atoms with Crippen LogP contribution in [0.15, 0.2) is 42.5 Å². The average Bonchev–Trinajstić information content (AvgIpc) is 3.02. The van der Waals surface area contributed by atoms with Crippen LogP contribution in [0.25, 0.3) is 0 Å². The Morgan fingerprint density at radius 2 is 1.61 bits per heavy atom. The SMILES string of the molecule is CCCC[C@H]1Cc2cc(OC)ccc2[C@H](c2ccc(COC(=O)N(C(C)(C)C)C34CC5CC(CC(C5)C3)C4)cc2)N1C(=O)C#C[Si](C)(C)C. The number of ether oxygens (including phenoxy) is 2. The first kappa shape index (κ1) is 35.6. The van der Waals surface area contributed by atoms with Gasteiger partial charge in [-0.25, -0.2) is 4.79 Å². The maximum Gasteiger partial charge on any atom is 0.411 e. The van der Waals surface area contributed by atoms with Gasteiger partial charge in [0.25, 0.3) is 5.91 Å². The number of hydrogen-bond acceptors (Lipinski definition) is 4. The number of fused-ring (bicyclic) bond motifs is 1. The van der Waals surface area contributed by atoms with Crippen molar-refractivity contribution in [3.05, 3.63) is 64.7 Å². The molecule has 4 saturated carbocycles. The lowest BCUT2D eigenvalue weighted by molar-refractivity contribution is -0.130. The topological polar surface area (TPSA) is 59.1 Å². The van der Waals surface area contributed by atoms with E-state index in [4.69, 9.17) is 9.47 Å². The molecule has 49 heavy (non-hydrogen) atoms. The minimum atomic E-state index is -1.75. The molecule has 0 unspecified atom stereocenters. The van der Waals surface area contributed by atoms with Crippen LogP contribution in [0.3, 0.4) is 0 Å². The van der Waals surface area contributed by atoms with E-state index in [1.165, 1.54) is 24.8 Å². The van der Waals surface area contributed by atoms with Crippen LogP contribution < -0.4 is 4.74 Å². The zero-order valence-corrected chi connectivity index (χ0v) is 32.2. The predicted molar refractivity (Wildman–Crippen MR) is 199 cm³/mol. The largest absolute Gasteiger partial charge is 0.497 e. The third-order valence-electron chi connectivity index (χ3n) is 11.4. The molecular weight excluding hydrogens is 625 g/mol. The summed E-state index contributed by atoms with van der Waals surface area (Å²) in [6, 6.07) is 14.4. The Labute approximate surface area is 296 Å². The van der Waals surface area contributed by atoms with Gasteiger partial charge >= 0.3 is 6.09 Å². The van der Waals surface area contributed by atoms with Gasteiger partial charge < -0.3 is 14.4 Å². The fraction of sp³-hybridized carbons (Fsp3) is 0.619. The highest BCUT2D eigenvalue weighted by Gasteiger charge is 2.57. The van der Waals surface area contributed by atoms with Gasteiger partial charge in [-0.2, -0.15) is 0 Å². The summed E-state index contributed by atoms with van der Waals surface area (Å²) < 4.78 is 11.8. The molecule has 7 rings (SSSR count). The summed E-state index contributed by atoms with van der Waals surface area (Å²) in [6.07, 6.45) is 11.0. The molecule has 7 heteroatoms. The Morgan fingerprint density at radius 3 is 2.16 bits per heavy atom. The van der Waals surface area contributed by atoms with Crippen molar-refractivity contribution in [2.75, 3.05) is 7.11 Å². The zero-order chi connectivity index (χ0) is 35.1. The van der Waals surface area contributed by atoms with E-state index in [9.17, 15) is 9.59 Å². The number of benzene rings is 2. The lowest BCUT2D eigenvalue weighted by atomic mass is 9.52. The van der Waals surface area contributed by atoms with Crippen molar-refractivity contribution in [2.24, 2.45) is 17.8 Å². The zero-order valence-electron chi connectivity index (χ0n) is 31.2. The summed E-state index contributed by atoms with van der Waals surface area (Å²) in [7, 11) is -0.0505. The fourth-order valence-electron chi connectivity index (χ4n) is 10.00. The summed E-state index contributed by atoms with van der Waals surface area (Å²) in [4.78, 5) is 32.2. The molecule has 0 N–H and O–H groups in total. The fourth-order valence-corrected chi connectivity index (χ4v) is 10.5. The van der Waals surface area contributed by atoms with Crippen LogP contribution in [-0.2, 0) is 22.6 Å². The first-order valence-corrected chi connectivity index (χ1v) is 22.3. The molecule has 2 aromatic carbocycles. The van der Waals surface area contributed by atoms with Crippen LogP contribution in [0.4, 0.5) is 4.79 Å². The molecule has 1 heterocycles. The molecule has 264 valence electrons. The maximum atomic E-state index is 14.0. The van der Waals surface area contributed by atoms with Crippen LogP contribution in [0, 0.1) is 29.2 Å². The number of rotatable bonds is 8. The molecule has 0 radical (unpaired) electrons. The molecule has 4 aliphatic carbocycles. The predicted octanol–water partition coefficient (Wildman–Crippen LogP) is 9.31. The third kappa shape index (κ3) is 7.60. The van der Waals surface area contributed by atoms with Crippen molar-refractivity contribution in [1.82, 2.24) is 9.80 Å². The Kier molecular flexibility index (Phi) is 10.0. The van der Waals surface area contributed by atoms with E-state index in [2.05, 4.69) is 105 Å². The van der Waals surface area contributed by atoms with Gasteiger partial charge in [-0.15, -0.1) is 5.54 Å². The van der Waals surface area contributed by atoms with Crippen LogP contribution in [0.5, 0.6) is 5.75 Å². The molecule has 6 nitrogen and oxygen atoms in total. The van der Waals surface area contributed by atoms with Gasteiger partial charge in [0.15, 0.2) is 0 Å². The van der Waals surface area contributed by atoms with Crippen LogP contribution >= 0.6 is 0 Å². The highest BCUT2D eigenvalue weighted by molar-refractivity contribution is 6.84. The molecular formula is C42H58N2O4Si. The van der Waals surface area contributed by atoms with Gasteiger partial charge in [0.1, 0.15) is 20.4 Å². The lowest BCUT2D eigenvalue weighted by Gasteiger charge is -2.62. The Balaban J connectivity index is 1.26. The first-order chi connectivity index (χ1) is 23.2. The number of methoxy groups -OCH3 is 1. The summed E-state index contributed by atoms with van der Waals surface area (Å²) in [6.45, 7) is 15.4. The van der Waals surface area contributed by atoms with E-state index in [-0.39, 0.29) is 41.8 Å². The van der Waals surface area contributed by atoms with Crippen LogP contribution in [0.2, 0.25) is 19.6 Å². The number of carbonyl (C=O) groups is 2. The molecule has 2 atom stereocenters. The number of unbranched alkanes of at least 4 members (excludes halogenated alkanes) is 1. The van der Waals surface area contributed by atoms with E-state index >= 15 is 0 Å². The highest BCUT2D eigenvalue weighted by Crippen LogP contribution is 2.59. The summed E-state index contributed by atoms with van der Waals surface area (Å²) in [5.41, 5.74) is 7.26. The van der Waals surface area contributed by atoms with Crippen molar-refractivity contribution in [3.8, 4) is 17.2 Å². The standard InChI is InChI=1S/C42H58N2O4Si/c1-9-10-11-35-23-34-24-36(47-5)16-17-37(34)39(43(35)38(45)18-19-49(6,7)8)33-14-12-29(13-15-33)28-48-40(46)44(41(2,3)4)42-25-30-20-31(26-42)22-32(21-30)27-42/h12-17,24,30-32,35,39H,9-11,20-23,25-28H2,1-8H3/t30?,31?,32?,35-,39-,42?/m0/s1. The van der Waals surface area contributed by atoms with Crippen LogP contribution in [-0.4, -0.2) is 54.1 Å². The van der Waals surface area contributed by atoms with E-state index < -0.39 is 8.07 Å². The molecule has 1 aliphatic heterocycles. The lowest BCUT2D eigenvalue weighted by Crippen LogP contribution is -2.66. The maximum absolute atomic E-state index is 14.0. The van der Waals surface area contributed by atoms with Gasteiger partial charge in [0.2, 0.25) is 0 Å². The average molecular weight is 683 g/mol. The van der Waals surface area contributed by atoms with Gasteiger partial charge in [-0.3, -0.25) is 9.69 Å². The molecule has 2 amide bonds. The van der Waals surface area contributed by atoms with Crippen molar-refractivity contribution < 1.29 is 19.1 Å². The molecule has 0 aromatic heterocycles. The van der Waals surface area contributed by atoms with E-state index in [1.54, 1.807) is 7.11 Å². The smallest absolute Gasteiger partial charge is 0.411 e. The van der Waals surface area contributed by atoms with Crippen molar-refractivity contribution in [1.29, 1.82) is 0 Å². The quantitative estimate of drug-likeness (QED) is 0.206. The minimum Gasteiger partial charge on any atom is -0.497 e. The Bertz CT molecular complexity index is 1560. The summed E-state index contributed by atoms with van der Waals surface area (Å²) >= 11 is 0. The summed E-state index contributed by atoms with van der Waals surface area (Å²) in [5, 5.41) is 0. The van der Waals surface area contributed by atoms with E-state index in [1.807, 2.05) is 6.07 Å². The van der Waals surface area contributed by atoms with E-state index in [0.29, 0.717) is 0 Å². The normalized spacial score (nSPS) is 27.2. The first-order valence-electron chi connectivity index (χ1n) is 18.8. The molecule has 2 aromatic rings. The highest BCUT2D eigenvalue weighted by atomic mass is 28.3. The van der Waals surface area contributed by atoms with Gasteiger partial charge in [0.05, 0.1) is 13.2 Å². The van der Waals surface area contributed by atoms with E-state index in [0.717, 1.165) is 85.1 Å². The third-order valence-corrected chi connectivity index (χ3v) is 12.3. The number of amides is 2. The number of nitrogens with zero attached hydrogens (tertiary/aromatic N) is 2.